The van der Waals surface area contributed by atoms with Crippen LogP contribution < -0.4 is 4.74 Å². The van der Waals surface area contributed by atoms with Gasteiger partial charge in [0, 0.05) is 6.07 Å². The molecule has 0 fully saturated rings. The summed E-state index contributed by atoms with van der Waals surface area (Å²) >= 11 is 0. The van der Waals surface area contributed by atoms with Crippen LogP contribution in [0.3, 0.4) is 0 Å². The molecule has 3 aromatic carbocycles. The minimum absolute atomic E-state index is 0.229. The minimum atomic E-state index is -0.259. The first-order valence-electron chi connectivity index (χ1n) is 7.10. The quantitative estimate of drug-likeness (QED) is 0.492. The SMILES string of the molecule is N#[N+]c1ccccc1C(=O)c1ccccc1Oc1ccccc1. The first-order chi connectivity index (χ1) is 11.3. The Labute approximate surface area is 133 Å². The molecule has 0 aliphatic heterocycles. The largest absolute Gasteiger partial charge is 0.457 e. The van der Waals surface area contributed by atoms with E-state index in [0.29, 0.717) is 22.6 Å². The lowest BCUT2D eigenvalue weighted by Crippen LogP contribution is -2.03. The maximum absolute atomic E-state index is 12.8. The monoisotopic (exact) mass is 301 g/mol. The summed E-state index contributed by atoms with van der Waals surface area (Å²) in [5.74, 6) is 0.842. The van der Waals surface area contributed by atoms with Crippen molar-refractivity contribution in [2.45, 2.75) is 0 Å². The predicted molar refractivity (Wildman–Crippen MR) is 87.6 cm³/mol. The maximum atomic E-state index is 12.8. The number of carbonyl (C=O) groups is 1. The highest BCUT2D eigenvalue weighted by molar-refractivity contribution is 6.13. The molecule has 0 atom stereocenters. The third kappa shape index (κ3) is 3.09. The molecule has 0 unspecified atom stereocenters. The summed E-state index contributed by atoms with van der Waals surface area (Å²) in [6.07, 6.45) is 0. The molecule has 0 saturated carbocycles. The van der Waals surface area contributed by atoms with Gasteiger partial charge in [-0.1, -0.05) is 42.5 Å². The number of carbonyl (C=O) groups excluding carboxylic acids is 1. The van der Waals surface area contributed by atoms with Crippen LogP contribution in [-0.2, 0) is 0 Å². The number of benzene rings is 3. The summed E-state index contributed by atoms with van der Waals surface area (Å²) in [6, 6.07) is 22.9. The molecular weight excluding hydrogens is 288 g/mol. The Morgan fingerprint density at radius 3 is 2.13 bits per heavy atom. The van der Waals surface area contributed by atoms with Gasteiger partial charge in [0.2, 0.25) is 11.2 Å². The number of ether oxygens (including phenoxy) is 1. The van der Waals surface area contributed by atoms with Crippen molar-refractivity contribution in [3.8, 4) is 11.5 Å². The number of nitrogens with zero attached hydrogens (tertiary/aromatic N) is 2. The Kier molecular flexibility index (Phi) is 4.12. The molecule has 4 nitrogen and oxygen atoms in total. The second-order valence-electron chi connectivity index (χ2n) is 4.86. The van der Waals surface area contributed by atoms with Gasteiger partial charge in [-0.05, 0) is 30.3 Å². The van der Waals surface area contributed by atoms with Crippen molar-refractivity contribution in [1.82, 2.24) is 0 Å². The zero-order valence-corrected chi connectivity index (χ0v) is 12.2. The van der Waals surface area contributed by atoms with Crippen molar-refractivity contribution in [3.63, 3.8) is 0 Å². The molecule has 0 saturated heterocycles. The molecule has 0 aromatic heterocycles. The Bertz CT molecular complexity index is 883. The zero-order valence-electron chi connectivity index (χ0n) is 12.2. The molecule has 3 rings (SSSR count). The molecule has 3 aromatic rings. The lowest BCUT2D eigenvalue weighted by Gasteiger charge is -2.09. The van der Waals surface area contributed by atoms with E-state index in [2.05, 4.69) is 4.98 Å². The molecule has 0 heterocycles. The summed E-state index contributed by atoms with van der Waals surface area (Å²) in [5, 5.41) is 9.06. The van der Waals surface area contributed by atoms with Crippen LogP contribution in [0.5, 0.6) is 11.5 Å². The Hall–Kier alpha value is -3.45. The lowest BCUT2D eigenvalue weighted by molar-refractivity contribution is 0.103. The van der Waals surface area contributed by atoms with Crippen LogP contribution >= 0.6 is 0 Å². The summed E-state index contributed by atoms with van der Waals surface area (Å²) in [7, 11) is 0. The molecular formula is C19H13N2O2+. The number of hydrogen-bond acceptors (Lipinski definition) is 3. The molecule has 0 radical (unpaired) electrons. The average molecular weight is 301 g/mol. The molecule has 0 spiro atoms. The molecule has 110 valence electrons. The highest BCUT2D eigenvalue weighted by Crippen LogP contribution is 2.29. The lowest BCUT2D eigenvalue weighted by atomic mass is 10.0. The summed E-state index contributed by atoms with van der Waals surface area (Å²) in [4.78, 5) is 16.0. The van der Waals surface area contributed by atoms with Crippen molar-refractivity contribution in [1.29, 1.82) is 5.39 Å². The van der Waals surface area contributed by atoms with Gasteiger partial charge >= 0.3 is 5.69 Å². The number of rotatable bonds is 4. The van der Waals surface area contributed by atoms with E-state index < -0.39 is 0 Å². The molecule has 0 amide bonds. The summed E-state index contributed by atoms with van der Waals surface area (Å²) in [6.45, 7) is 0. The Balaban J connectivity index is 2.01. The predicted octanol–water partition coefficient (Wildman–Crippen LogP) is 5.19. The number of ketones is 1. The standard InChI is InChI=1S/C19H13N2O2/c20-21-17-12-6-4-10-15(17)19(22)16-11-5-7-13-18(16)23-14-8-2-1-3-9-14/h1-13H/q+1. The third-order valence-electron chi connectivity index (χ3n) is 3.36. The van der Waals surface area contributed by atoms with Crippen LogP contribution in [0.15, 0.2) is 78.9 Å². The third-order valence-corrected chi connectivity index (χ3v) is 3.36. The van der Waals surface area contributed by atoms with Gasteiger partial charge in [0.25, 0.3) is 0 Å². The van der Waals surface area contributed by atoms with Gasteiger partial charge in [-0.15, -0.1) is 0 Å². The van der Waals surface area contributed by atoms with Gasteiger partial charge in [-0.3, -0.25) is 4.79 Å². The fourth-order valence-electron chi connectivity index (χ4n) is 2.26. The molecule has 0 N–H and O–H groups in total. The van der Waals surface area contributed by atoms with E-state index in [0.717, 1.165) is 0 Å². The fourth-order valence-corrected chi connectivity index (χ4v) is 2.26. The van der Waals surface area contributed by atoms with Crippen LogP contribution in [0.4, 0.5) is 5.69 Å². The second-order valence-corrected chi connectivity index (χ2v) is 4.86. The van der Waals surface area contributed by atoms with Crippen LogP contribution in [0.25, 0.3) is 4.98 Å². The number of hydrogen-bond donors (Lipinski definition) is 0. The molecule has 0 aliphatic carbocycles. The highest BCUT2D eigenvalue weighted by atomic mass is 16.5. The van der Waals surface area contributed by atoms with Crippen LogP contribution in [0.2, 0.25) is 0 Å². The van der Waals surface area contributed by atoms with E-state index in [9.17, 15) is 4.79 Å². The van der Waals surface area contributed by atoms with Crippen LogP contribution in [-0.4, -0.2) is 5.78 Å². The smallest absolute Gasteiger partial charge is 0.396 e. The van der Waals surface area contributed by atoms with E-state index in [1.54, 1.807) is 48.5 Å². The fraction of sp³-hybridized carbons (Fsp3) is 0. The van der Waals surface area contributed by atoms with E-state index in [4.69, 9.17) is 10.1 Å². The van der Waals surface area contributed by atoms with Gasteiger partial charge in [0.15, 0.2) is 4.98 Å². The number of diazo groups is 1. The van der Waals surface area contributed by atoms with Crippen molar-refractivity contribution in [2.75, 3.05) is 0 Å². The molecule has 23 heavy (non-hydrogen) atoms. The topological polar surface area (TPSA) is 54.5 Å². The van der Waals surface area contributed by atoms with Crippen molar-refractivity contribution in [2.24, 2.45) is 0 Å². The molecule has 0 aliphatic rings. The summed E-state index contributed by atoms with van der Waals surface area (Å²) in [5.41, 5.74) is 0.957. The zero-order chi connectivity index (χ0) is 16.1. The summed E-state index contributed by atoms with van der Waals surface area (Å²) < 4.78 is 5.81. The number of para-hydroxylation sites is 2. The van der Waals surface area contributed by atoms with Gasteiger partial charge < -0.3 is 4.74 Å². The molecule has 4 heteroatoms. The van der Waals surface area contributed by atoms with Crippen molar-refractivity contribution >= 4 is 11.5 Å². The Morgan fingerprint density at radius 2 is 1.39 bits per heavy atom. The van der Waals surface area contributed by atoms with Crippen molar-refractivity contribution in [3.05, 3.63) is 95.0 Å². The Morgan fingerprint density at radius 1 is 0.783 bits per heavy atom. The maximum Gasteiger partial charge on any atom is 0.396 e. The van der Waals surface area contributed by atoms with Crippen LogP contribution in [0, 0.1) is 5.39 Å². The average Bonchev–Trinajstić information content (AvgIpc) is 2.62. The minimum Gasteiger partial charge on any atom is -0.457 e. The van der Waals surface area contributed by atoms with Gasteiger partial charge in [-0.2, -0.15) is 0 Å². The first kappa shape index (κ1) is 14.5. The second kappa shape index (κ2) is 6.54. The molecule has 0 bridgehead atoms. The van der Waals surface area contributed by atoms with Crippen molar-refractivity contribution < 1.29 is 9.53 Å². The van der Waals surface area contributed by atoms with Gasteiger partial charge in [-0.25, -0.2) is 0 Å². The first-order valence-corrected chi connectivity index (χ1v) is 7.10. The van der Waals surface area contributed by atoms with Crippen LogP contribution in [0.1, 0.15) is 15.9 Å². The highest BCUT2D eigenvalue weighted by Gasteiger charge is 2.23. The normalized spacial score (nSPS) is 9.87. The van der Waals surface area contributed by atoms with E-state index >= 15 is 0 Å². The van der Waals surface area contributed by atoms with Gasteiger partial charge in [0.05, 0.1) is 5.56 Å². The van der Waals surface area contributed by atoms with E-state index in [-0.39, 0.29) is 11.5 Å². The van der Waals surface area contributed by atoms with E-state index in [1.807, 2.05) is 30.3 Å². The van der Waals surface area contributed by atoms with E-state index in [1.165, 1.54) is 0 Å². The van der Waals surface area contributed by atoms with Gasteiger partial charge in [0.1, 0.15) is 17.1 Å².